The Morgan fingerprint density at radius 2 is 2.47 bits per heavy atom. The van der Waals surface area contributed by atoms with Crippen molar-refractivity contribution >= 4 is 0 Å². The number of rotatable bonds is 5. The van der Waals surface area contributed by atoms with Gasteiger partial charge in [0.15, 0.2) is 0 Å². The van der Waals surface area contributed by atoms with Crippen molar-refractivity contribution in [2.75, 3.05) is 26.2 Å². The van der Waals surface area contributed by atoms with E-state index in [1.54, 1.807) is 6.33 Å². The van der Waals surface area contributed by atoms with Crippen molar-refractivity contribution in [3.63, 3.8) is 0 Å². The van der Waals surface area contributed by atoms with Gasteiger partial charge in [0.25, 0.3) is 0 Å². The molecule has 2 fully saturated rings. The molecular weight excluding hydrogens is 242 g/mol. The van der Waals surface area contributed by atoms with Gasteiger partial charge in [-0.1, -0.05) is 0 Å². The van der Waals surface area contributed by atoms with Crippen molar-refractivity contribution in [2.24, 2.45) is 0 Å². The van der Waals surface area contributed by atoms with E-state index >= 15 is 0 Å². The van der Waals surface area contributed by atoms with Crippen molar-refractivity contribution in [3.8, 4) is 0 Å². The second-order valence-electron chi connectivity index (χ2n) is 5.37. The van der Waals surface area contributed by atoms with Gasteiger partial charge in [-0.05, 0) is 26.3 Å². The molecule has 19 heavy (non-hydrogen) atoms. The minimum Gasteiger partial charge on any atom is -0.374 e. The van der Waals surface area contributed by atoms with Gasteiger partial charge in [-0.2, -0.15) is 5.10 Å². The number of fused-ring (bicyclic) bond motifs is 1. The standard InChI is InChI=1S/C13H23N5O/c1-2-18-13(15-10-16-18)7-14-6-12-8-17-5-3-4-11(17)9-19-12/h10-12,14H,2-9H2,1H3. The first-order chi connectivity index (χ1) is 9.36. The molecule has 0 aromatic carbocycles. The molecule has 1 N–H and O–H groups in total. The van der Waals surface area contributed by atoms with Crippen LogP contribution in [0.25, 0.3) is 0 Å². The minimum absolute atomic E-state index is 0.312. The fourth-order valence-electron chi connectivity index (χ4n) is 3.04. The van der Waals surface area contributed by atoms with Crippen LogP contribution >= 0.6 is 0 Å². The third-order valence-electron chi connectivity index (χ3n) is 4.11. The quantitative estimate of drug-likeness (QED) is 0.827. The highest BCUT2D eigenvalue weighted by molar-refractivity contribution is 4.87. The lowest BCUT2D eigenvalue weighted by molar-refractivity contribution is -0.0471. The third-order valence-corrected chi connectivity index (χ3v) is 4.11. The predicted molar refractivity (Wildman–Crippen MR) is 71.7 cm³/mol. The zero-order valence-electron chi connectivity index (χ0n) is 11.6. The monoisotopic (exact) mass is 265 g/mol. The summed E-state index contributed by atoms with van der Waals surface area (Å²) < 4.78 is 7.84. The second kappa shape index (κ2) is 5.98. The summed E-state index contributed by atoms with van der Waals surface area (Å²) in [6, 6.07) is 0.680. The molecule has 0 radical (unpaired) electrons. The van der Waals surface area contributed by atoms with Crippen LogP contribution in [0.2, 0.25) is 0 Å². The summed E-state index contributed by atoms with van der Waals surface area (Å²) in [4.78, 5) is 6.83. The van der Waals surface area contributed by atoms with Crippen LogP contribution in [-0.2, 0) is 17.8 Å². The van der Waals surface area contributed by atoms with E-state index in [1.807, 2.05) is 4.68 Å². The van der Waals surface area contributed by atoms with Gasteiger partial charge < -0.3 is 10.1 Å². The predicted octanol–water partition coefficient (Wildman–Crippen LogP) is 0.251. The summed E-state index contributed by atoms with van der Waals surface area (Å²) in [5.74, 6) is 0.998. The fourth-order valence-corrected chi connectivity index (χ4v) is 3.04. The number of aryl methyl sites for hydroxylation is 1. The van der Waals surface area contributed by atoms with E-state index in [2.05, 4.69) is 27.2 Å². The van der Waals surface area contributed by atoms with E-state index < -0.39 is 0 Å². The molecule has 0 saturated carbocycles. The molecule has 2 atom stereocenters. The van der Waals surface area contributed by atoms with Gasteiger partial charge in [0.05, 0.1) is 19.3 Å². The van der Waals surface area contributed by atoms with Crippen LogP contribution in [0.15, 0.2) is 6.33 Å². The summed E-state index contributed by atoms with van der Waals surface area (Å²) in [6.45, 7) is 7.81. The maximum Gasteiger partial charge on any atom is 0.140 e. The van der Waals surface area contributed by atoms with E-state index in [-0.39, 0.29) is 0 Å². The van der Waals surface area contributed by atoms with Crippen LogP contribution in [0.4, 0.5) is 0 Å². The molecule has 0 bridgehead atoms. The largest absolute Gasteiger partial charge is 0.374 e. The van der Waals surface area contributed by atoms with Gasteiger partial charge in [0.2, 0.25) is 0 Å². The van der Waals surface area contributed by atoms with Gasteiger partial charge >= 0.3 is 0 Å². The topological polar surface area (TPSA) is 55.2 Å². The van der Waals surface area contributed by atoms with E-state index in [0.717, 1.165) is 38.6 Å². The Kier molecular flexibility index (Phi) is 4.10. The van der Waals surface area contributed by atoms with Gasteiger partial charge in [-0.25, -0.2) is 9.67 Å². The Hall–Kier alpha value is -0.980. The number of ether oxygens (including phenoxy) is 1. The molecule has 106 valence electrons. The lowest BCUT2D eigenvalue weighted by atomic mass is 10.2. The van der Waals surface area contributed by atoms with E-state index in [0.29, 0.717) is 12.1 Å². The summed E-state index contributed by atoms with van der Waals surface area (Å²) >= 11 is 0. The summed E-state index contributed by atoms with van der Waals surface area (Å²) in [5.41, 5.74) is 0. The highest BCUT2D eigenvalue weighted by atomic mass is 16.5. The molecule has 2 aliphatic heterocycles. The fraction of sp³-hybridized carbons (Fsp3) is 0.846. The first-order valence-electron chi connectivity index (χ1n) is 7.30. The normalized spacial score (nSPS) is 27.6. The zero-order valence-corrected chi connectivity index (χ0v) is 11.6. The van der Waals surface area contributed by atoms with Crippen LogP contribution in [0.1, 0.15) is 25.6 Å². The third kappa shape index (κ3) is 2.96. The van der Waals surface area contributed by atoms with Crippen molar-refractivity contribution in [1.29, 1.82) is 0 Å². The van der Waals surface area contributed by atoms with E-state index in [9.17, 15) is 0 Å². The molecule has 3 rings (SSSR count). The van der Waals surface area contributed by atoms with Crippen LogP contribution in [0.3, 0.4) is 0 Å². The maximum atomic E-state index is 5.92. The van der Waals surface area contributed by atoms with Gasteiger partial charge in [0, 0.05) is 25.7 Å². The Morgan fingerprint density at radius 1 is 1.53 bits per heavy atom. The summed E-state index contributed by atoms with van der Waals surface area (Å²) in [6.07, 6.45) is 4.56. The highest BCUT2D eigenvalue weighted by Crippen LogP contribution is 2.22. The van der Waals surface area contributed by atoms with Gasteiger partial charge in [-0.15, -0.1) is 0 Å². The summed E-state index contributed by atoms with van der Waals surface area (Å²) in [5, 5.41) is 7.61. The minimum atomic E-state index is 0.312. The second-order valence-corrected chi connectivity index (χ2v) is 5.37. The molecule has 6 nitrogen and oxygen atoms in total. The average Bonchev–Trinajstić information content (AvgIpc) is 3.06. The Morgan fingerprint density at radius 3 is 3.37 bits per heavy atom. The van der Waals surface area contributed by atoms with Crippen LogP contribution in [0, 0.1) is 0 Å². The molecule has 2 aliphatic rings. The van der Waals surface area contributed by atoms with E-state index in [4.69, 9.17) is 4.74 Å². The average molecular weight is 265 g/mol. The van der Waals surface area contributed by atoms with Gasteiger partial charge in [-0.3, -0.25) is 4.90 Å². The lowest BCUT2D eigenvalue weighted by Gasteiger charge is -2.35. The smallest absolute Gasteiger partial charge is 0.140 e. The Bertz CT molecular complexity index is 407. The molecule has 3 heterocycles. The zero-order chi connectivity index (χ0) is 13.1. The molecule has 0 amide bonds. The van der Waals surface area contributed by atoms with E-state index in [1.165, 1.54) is 19.4 Å². The lowest BCUT2D eigenvalue weighted by Crippen LogP contribution is -2.49. The molecule has 2 unspecified atom stereocenters. The molecule has 6 heteroatoms. The van der Waals surface area contributed by atoms with Crippen molar-refractivity contribution in [2.45, 2.75) is 45.0 Å². The maximum absolute atomic E-state index is 5.92. The van der Waals surface area contributed by atoms with Crippen LogP contribution < -0.4 is 5.32 Å². The highest BCUT2D eigenvalue weighted by Gasteiger charge is 2.31. The van der Waals surface area contributed by atoms with Crippen molar-refractivity contribution in [3.05, 3.63) is 12.2 Å². The van der Waals surface area contributed by atoms with Crippen LogP contribution in [0.5, 0.6) is 0 Å². The number of hydrogen-bond donors (Lipinski definition) is 1. The number of nitrogens with zero attached hydrogens (tertiary/aromatic N) is 4. The molecular formula is C13H23N5O. The number of hydrogen-bond acceptors (Lipinski definition) is 5. The molecule has 0 aliphatic carbocycles. The molecule has 1 aromatic heterocycles. The number of morpholine rings is 1. The molecule has 1 aromatic rings. The first-order valence-corrected chi connectivity index (χ1v) is 7.30. The number of aromatic nitrogens is 3. The Balaban J connectivity index is 1.43. The SMILES string of the molecule is CCn1ncnc1CNCC1CN2CCCC2CO1. The first kappa shape index (κ1) is 13.0. The van der Waals surface area contributed by atoms with Gasteiger partial charge in [0.1, 0.15) is 12.2 Å². The molecule has 2 saturated heterocycles. The summed E-state index contributed by atoms with van der Waals surface area (Å²) in [7, 11) is 0. The molecule has 0 spiro atoms. The van der Waals surface area contributed by atoms with Crippen LogP contribution in [-0.4, -0.2) is 58.1 Å². The number of nitrogens with one attached hydrogen (secondary N) is 1. The van der Waals surface area contributed by atoms with Crippen molar-refractivity contribution < 1.29 is 4.74 Å². The Labute approximate surface area is 114 Å². The van der Waals surface area contributed by atoms with Crippen molar-refractivity contribution in [1.82, 2.24) is 25.0 Å².